The molecule has 1 rings (SSSR count). The number of hydrogen-bond acceptors (Lipinski definition) is 3. The molecule has 0 aromatic rings. The van der Waals surface area contributed by atoms with Gasteiger partial charge in [0.15, 0.2) is 0 Å². The number of rotatable bonds is 2. The summed E-state index contributed by atoms with van der Waals surface area (Å²) in [4.78, 5) is 0. The van der Waals surface area contributed by atoms with E-state index in [9.17, 15) is 8.42 Å². The zero-order valence-electron chi connectivity index (χ0n) is 7.81. The summed E-state index contributed by atoms with van der Waals surface area (Å²) in [6.07, 6.45) is 4.18. The third-order valence-electron chi connectivity index (χ3n) is 2.39. The van der Waals surface area contributed by atoms with Crippen molar-refractivity contribution >= 4 is 16.3 Å². The quantitative estimate of drug-likeness (QED) is 0.354. The van der Waals surface area contributed by atoms with E-state index in [0.717, 1.165) is 19.3 Å². The molecule has 0 saturated heterocycles. The van der Waals surface area contributed by atoms with Crippen LogP contribution >= 0.6 is 0 Å². The summed E-state index contributed by atoms with van der Waals surface area (Å²) in [5, 5.41) is 7.11. The van der Waals surface area contributed by atoms with Gasteiger partial charge in [-0.05, 0) is 12.8 Å². The van der Waals surface area contributed by atoms with Crippen LogP contribution in [0.3, 0.4) is 0 Å². The lowest BCUT2D eigenvalue weighted by atomic mass is 9.96. The fraction of sp³-hybridized carbons (Fsp3) is 0.857. The molecule has 1 aliphatic rings. The molecule has 0 amide bonds. The van der Waals surface area contributed by atoms with Gasteiger partial charge in [0.2, 0.25) is 5.96 Å². The molecule has 1 fully saturated rings. The topological polar surface area (TPSA) is 107 Å². The molecule has 14 heavy (non-hydrogen) atoms. The predicted octanol–water partition coefficient (Wildman–Crippen LogP) is 0.317. The van der Waals surface area contributed by atoms with Crippen LogP contribution in [0.1, 0.15) is 32.1 Å². The number of nitrogens with zero attached hydrogens (tertiary/aromatic N) is 1. The minimum atomic E-state index is -4.38. The SMILES string of the molecule is N=C(N)N(C1CCCCC1)S(=O)(=O)O. The Morgan fingerprint density at radius 1 is 1.36 bits per heavy atom. The molecule has 4 N–H and O–H groups in total. The molecule has 0 aliphatic heterocycles. The Morgan fingerprint density at radius 3 is 2.21 bits per heavy atom. The Hall–Kier alpha value is -0.820. The summed E-state index contributed by atoms with van der Waals surface area (Å²) < 4.78 is 31.3. The van der Waals surface area contributed by atoms with E-state index >= 15 is 0 Å². The van der Waals surface area contributed by atoms with Gasteiger partial charge in [-0.25, -0.2) is 4.31 Å². The van der Waals surface area contributed by atoms with Crippen molar-refractivity contribution in [3.05, 3.63) is 0 Å². The van der Waals surface area contributed by atoms with Crippen molar-refractivity contribution in [3.8, 4) is 0 Å². The largest absolute Gasteiger partial charge is 0.369 e. The summed E-state index contributed by atoms with van der Waals surface area (Å²) in [6.45, 7) is 0. The second-order valence-electron chi connectivity index (χ2n) is 3.45. The standard InChI is InChI=1S/C7H15N3O3S/c8-7(9)10(14(11,12)13)6-4-2-1-3-5-6/h6H,1-5H2,(H3,8,9)(H,11,12,13). The van der Waals surface area contributed by atoms with Gasteiger partial charge in [-0.15, -0.1) is 0 Å². The minimum Gasteiger partial charge on any atom is -0.369 e. The number of hydrogen-bond donors (Lipinski definition) is 3. The van der Waals surface area contributed by atoms with Crippen LogP contribution in [0.4, 0.5) is 0 Å². The van der Waals surface area contributed by atoms with Gasteiger partial charge < -0.3 is 5.73 Å². The van der Waals surface area contributed by atoms with Crippen molar-refractivity contribution in [2.45, 2.75) is 38.1 Å². The summed E-state index contributed by atoms with van der Waals surface area (Å²) in [5.41, 5.74) is 5.12. The van der Waals surface area contributed by atoms with Crippen molar-refractivity contribution < 1.29 is 13.0 Å². The van der Waals surface area contributed by atoms with Gasteiger partial charge in [0.25, 0.3) is 0 Å². The molecule has 1 aliphatic carbocycles. The highest BCUT2D eigenvalue weighted by Gasteiger charge is 2.30. The van der Waals surface area contributed by atoms with Gasteiger partial charge in [-0.3, -0.25) is 9.96 Å². The van der Waals surface area contributed by atoms with Gasteiger partial charge in [0.05, 0.1) is 6.04 Å². The summed E-state index contributed by atoms with van der Waals surface area (Å²) >= 11 is 0. The maximum atomic E-state index is 10.9. The molecular formula is C7H15N3O3S. The highest BCUT2D eigenvalue weighted by molar-refractivity contribution is 7.84. The molecule has 6 nitrogen and oxygen atoms in total. The summed E-state index contributed by atoms with van der Waals surface area (Å²) in [5.74, 6) is -0.612. The Bertz CT molecular complexity index is 308. The first-order chi connectivity index (χ1) is 6.43. The van der Waals surface area contributed by atoms with Gasteiger partial charge in [-0.1, -0.05) is 19.3 Å². The molecule has 0 radical (unpaired) electrons. The van der Waals surface area contributed by atoms with E-state index in [1.54, 1.807) is 0 Å². The van der Waals surface area contributed by atoms with Gasteiger partial charge >= 0.3 is 10.3 Å². The molecule has 1 saturated carbocycles. The van der Waals surface area contributed by atoms with E-state index in [2.05, 4.69) is 0 Å². The van der Waals surface area contributed by atoms with Crippen molar-refractivity contribution in [1.82, 2.24) is 4.31 Å². The number of nitrogens with one attached hydrogen (secondary N) is 1. The second-order valence-corrected chi connectivity index (χ2v) is 4.74. The molecule has 0 spiro atoms. The van der Waals surface area contributed by atoms with Crippen LogP contribution in [0.15, 0.2) is 0 Å². The minimum absolute atomic E-state index is 0.351. The fourth-order valence-electron chi connectivity index (χ4n) is 1.82. The normalized spacial score (nSPS) is 19.2. The molecule has 0 aromatic heterocycles. The van der Waals surface area contributed by atoms with Gasteiger partial charge in [0, 0.05) is 0 Å². The molecule has 82 valence electrons. The lowest BCUT2D eigenvalue weighted by Gasteiger charge is -2.31. The molecule has 0 bridgehead atoms. The van der Waals surface area contributed by atoms with Gasteiger partial charge in [0.1, 0.15) is 0 Å². The van der Waals surface area contributed by atoms with E-state index in [1.807, 2.05) is 0 Å². The van der Waals surface area contributed by atoms with Crippen molar-refractivity contribution in [2.24, 2.45) is 5.73 Å². The lowest BCUT2D eigenvalue weighted by molar-refractivity contribution is 0.299. The average molecular weight is 221 g/mol. The fourth-order valence-corrected chi connectivity index (χ4v) is 2.66. The lowest BCUT2D eigenvalue weighted by Crippen LogP contribution is -2.48. The maximum absolute atomic E-state index is 10.9. The van der Waals surface area contributed by atoms with Crippen LogP contribution in [-0.4, -0.2) is 29.3 Å². The van der Waals surface area contributed by atoms with Crippen LogP contribution in [-0.2, 0) is 10.3 Å². The number of guanidine groups is 1. The highest BCUT2D eigenvalue weighted by Crippen LogP contribution is 2.23. The van der Waals surface area contributed by atoms with Crippen molar-refractivity contribution in [3.63, 3.8) is 0 Å². The maximum Gasteiger partial charge on any atom is 0.362 e. The summed E-state index contributed by atoms with van der Waals surface area (Å²) in [6, 6.07) is -0.351. The van der Waals surface area contributed by atoms with Crippen LogP contribution in [0.25, 0.3) is 0 Å². The first-order valence-corrected chi connectivity index (χ1v) is 5.93. The van der Waals surface area contributed by atoms with Crippen molar-refractivity contribution in [2.75, 3.05) is 0 Å². The molecule has 0 aromatic carbocycles. The van der Waals surface area contributed by atoms with Crippen molar-refractivity contribution in [1.29, 1.82) is 5.41 Å². The zero-order valence-corrected chi connectivity index (χ0v) is 8.63. The van der Waals surface area contributed by atoms with Crippen LogP contribution in [0.5, 0.6) is 0 Å². The van der Waals surface area contributed by atoms with Crippen LogP contribution < -0.4 is 5.73 Å². The van der Waals surface area contributed by atoms with E-state index in [-0.39, 0.29) is 6.04 Å². The van der Waals surface area contributed by atoms with E-state index in [4.69, 9.17) is 15.7 Å². The first-order valence-electron chi connectivity index (χ1n) is 4.54. The molecule has 7 heteroatoms. The third-order valence-corrected chi connectivity index (χ3v) is 3.38. The van der Waals surface area contributed by atoms with Crippen LogP contribution in [0, 0.1) is 5.41 Å². The molecule has 0 atom stereocenters. The Labute approximate surface area is 83.5 Å². The number of nitrogens with two attached hydrogens (primary N) is 1. The zero-order chi connectivity index (χ0) is 10.8. The predicted molar refractivity (Wildman–Crippen MR) is 52.2 cm³/mol. The van der Waals surface area contributed by atoms with E-state index in [0.29, 0.717) is 17.1 Å². The van der Waals surface area contributed by atoms with E-state index in [1.165, 1.54) is 0 Å². The molecule has 0 unspecified atom stereocenters. The Balaban J connectivity index is 2.82. The third kappa shape index (κ3) is 2.58. The summed E-state index contributed by atoms with van der Waals surface area (Å²) in [7, 11) is -4.38. The average Bonchev–Trinajstić information content (AvgIpc) is 2.02. The smallest absolute Gasteiger partial charge is 0.362 e. The monoisotopic (exact) mass is 221 g/mol. The second kappa shape index (κ2) is 4.14. The van der Waals surface area contributed by atoms with Crippen LogP contribution in [0.2, 0.25) is 0 Å². The Morgan fingerprint density at radius 2 is 1.86 bits per heavy atom. The molecule has 0 heterocycles. The Kier molecular flexibility index (Phi) is 3.33. The van der Waals surface area contributed by atoms with Gasteiger partial charge in [-0.2, -0.15) is 8.42 Å². The highest BCUT2D eigenvalue weighted by atomic mass is 32.2. The molecular weight excluding hydrogens is 206 g/mol. The first kappa shape index (κ1) is 11.3. The van der Waals surface area contributed by atoms with E-state index < -0.39 is 16.3 Å².